The van der Waals surface area contributed by atoms with Gasteiger partial charge in [-0.2, -0.15) is 0 Å². The van der Waals surface area contributed by atoms with E-state index in [0.29, 0.717) is 5.82 Å². The van der Waals surface area contributed by atoms with Crippen molar-refractivity contribution in [1.82, 2.24) is 15.0 Å². The highest BCUT2D eigenvalue weighted by atomic mass is 32.1. The van der Waals surface area contributed by atoms with Crippen molar-refractivity contribution >= 4 is 21.6 Å². The molecular formula is C17H17N3OS. The van der Waals surface area contributed by atoms with E-state index in [9.17, 15) is 4.79 Å². The van der Waals surface area contributed by atoms with Gasteiger partial charge >= 0.3 is 0 Å². The topological polar surface area (TPSA) is 58.6 Å². The molecule has 0 bridgehead atoms. The summed E-state index contributed by atoms with van der Waals surface area (Å²) in [7, 11) is 0. The minimum Gasteiger partial charge on any atom is -0.306 e. The van der Waals surface area contributed by atoms with E-state index >= 15 is 0 Å². The Morgan fingerprint density at radius 2 is 2.00 bits per heavy atom. The maximum absolute atomic E-state index is 12.6. The van der Waals surface area contributed by atoms with Gasteiger partial charge in [0.2, 0.25) is 0 Å². The van der Waals surface area contributed by atoms with E-state index in [0.717, 1.165) is 28.6 Å². The van der Waals surface area contributed by atoms with Gasteiger partial charge < -0.3 is 4.98 Å². The van der Waals surface area contributed by atoms with Gasteiger partial charge in [0.1, 0.15) is 10.7 Å². The molecule has 0 aromatic carbocycles. The zero-order valence-corrected chi connectivity index (χ0v) is 13.1. The molecule has 1 aliphatic carbocycles. The molecule has 0 fully saturated rings. The zero-order chi connectivity index (χ0) is 14.9. The minimum absolute atomic E-state index is 0.0121. The molecule has 0 saturated carbocycles. The van der Waals surface area contributed by atoms with Gasteiger partial charge in [0.25, 0.3) is 5.56 Å². The molecule has 3 heterocycles. The summed E-state index contributed by atoms with van der Waals surface area (Å²) >= 11 is 1.69. The van der Waals surface area contributed by atoms with Crippen molar-refractivity contribution in [3.63, 3.8) is 0 Å². The molecule has 22 heavy (non-hydrogen) atoms. The van der Waals surface area contributed by atoms with Gasteiger partial charge in [-0.05, 0) is 43.4 Å². The lowest BCUT2D eigenvalue weighted by Crippen LogP contribution is -2.10. The number of hydrogen-bond donors (Lipinski definition) is 1. The summed E-state index contributed by atoms with van der Waals surface area (Å²) in [5.41, 5.74) is 2.08. The Bertz CT molecular complexity index is 867. The Balaban J connectivity index is 1.91. The quantitative estimate of drug-likeness (QED) is 0.745. The van der Waals surface area contributed by atoms with Crippen LogP contribution in [-0.2, 0) is 12.8 Å². The molecule has 5 heteroatoms. The number of fused-ring (bicyclic) bond motifs is 3. The Kier molecular flexibility index (Phi) is 3.50. The molecule has 4 nitrogen and oxygen atoms in total. The summed E-state index contributed by atoms with van der Waals surface area (Å²) < 4.78 is 0. The normalized spacial score (nSPS) is 15.3. The van der Waals surface area contributed by atoms with E-state index in [2.05, 4.69) is 9.97 Å². The first-order valence-electron chi connectivity index (χ1n) is 7.78. The second-order valence-corrected chi connectivity index (χ2v) is 6.84. The van der Waals surface area contributed by atoms with Crippen molar-refractivity contribution in [2.45, 2.75) is 38.5 Å². The number of aromatic nitrogens is 3. The predicted molar refractivity (Wildman–Crippen MR) is 89.3 cm³/mol. The minimum atomic E-state index is -0.0121. The van der Waals surface area contributed by atoms with Gasteiger partial charge in [-0.3, -0.25) is 9.78 Å². The maximum atomic E-state index is 12.6. The molecule has 3 aromatic rings. The molecular weight excluding hydrogens is 294 g/mol. The number of thiophene rings is 1. The standard InChI is InChI=1S/C17H17N3OS/c21-16-14-12-7-3-1-2-4-8-13(12)22-17(14)20-15(19-16)11-6-5-9-18-10-11/h5-6,9-10H,1-4,7-8H2,(H,19,20,21). The summed E-state index contributed by atoms with van der Waals surface area (Å²) in [6, 6.07) is 3.77. The number of H-pyrrole nitrogens is 1. The first kappa shape index (κ1) is 13.6. The van der Waals surface area contributed by atoms with E-state index in [1.807, 2.05) is 12.1 Å². The van der Waals surface area contributed by atoms with Crippen molar-refractivity contribution in [2.24, 2.45) is 0 Å². The van der Waals surface area contributed by atoms with Gasteiger partial charge in [-0.1, -0.05) is 12.8 Å². The van der Waals surface area contributed by atoms with Crippen LogP contribution in [0.4, 0.5) is 0 Å². The number of pyridine rings is 1. The van der Waals surface area contributed by atoms with E-state index in [4.69, 9.17) is 4.98 Å². The predicted octanol–water partition coefficient (Wildman–Crippen LogP) is 3.71. The molecule has 0 unspecified atom stereocenters. The Morgan fingerprint density at radius 3 is 2.82 bits per heavy atom. The lowest BCUT2D eigenvalue weighted by Gasteiger charge is -2.08. The molecule has 0 amide bonds. The third-order valence-corrected chi connectivity index (χ3v) is 5.45. The van der Waals surface area contributed by atoms with Gasteiger partial charge in [-0.15, -0.1) is 11.3 Å². The molecule has 1 aliphatic rings. The van der Waals surface area contributed by atoms with Gasteiger partial charge in [-0.25, -0.2) is 4.98 Å². The highest BCUT2D eigenvalue weighted by molar-refractivity contribution is 7.18. The molecule has 3 aromatic heterocycles. The third kappa shape index (κ3) is 2.35. The number of nitrogens with zero attached hydrogens (tertiary/aromatic N) is 2. The number of aryl methyl sites for hydroxylation is 2. The fourth-order valence-electron chi connectivity index (χ4n) is 3.16. The molecule has 0 saturated heterocycles. The number of nitrogens with one attached hydrogen (secondary N) is 1. The molecule has 0 radical (unpaired) electrons. The summed E-state index contributed by atoms with van der Waals surface area (Å²) in [5, 5.41) is 0.814. The Morgan fingerprint density at radius 1 is 1.14 bits per heavy atom. The summed E-state index contributed by atoms with van der Waals surface area (Å²) in [6.07, 6.45) is 10.5. The number of aromatic amines is 1. The Hall–Kier alpha value is -2.01. The lowest BCUT2D eigenvalue weighted by atomic mass is 9.98. The number of rotatable bonds is 1. The van der Waals surface area contributed by atoms with Gasteiger partial charge in [0, 0.05) is 22.8 Å². The van der Waals surface area contributed by atoms with Gasteiger partial charge in [0.15, 0.2) is 0 Å². The van der Waals surface area contributed by atoms with E-state index in [1.165, 1.54) is 36.1 Å². The molecule has 4 rings (SSSR count). The largest absolute Gasteiger partial charge is 0.306 e. The molecule has 0 spiro atoms. The van der Waals surface area contributed by atoms with Crippen molar-refractivity contribution in [2.75, 3.05) is 0 Å². The van der Waals surface area contributed by atoms with Crippen molar-refractivity contribution < 1.29 is 0 Å². The fourth-order valence-corrected chi connectivity index (χ4v) is 4.42. The van der Waals surface area contributed by atoms with Crippen LogP contribution in [-0.4, -0.2) is 15.0 Å². The van der Waals surface area contributed by atoms with Crippen LogP contribution in [0.2, 0.25) is 0 Å². The second-order valence-electron chi connectivity index (χ2n) is 5.75. The monoisotopic (exact) mass is 311 g/mol. The number of hydrogen-bond acceptors (Lipinski definition) is 4. The lowest BCUT2D eigenvalue weighted by molar-refractivity contribution is 0.623. The SMILES string of the molecule is O=c1[nH]c(-c2cccnc2)nc2sc3c(c12)CCCCCC3. The third-order valence-electron chi connectivity index (χ3n) is 4.26. The average molecular weight is 311 g/mol. The van der Waals surface area contributed by atoms with Crippen LogP contribution in [0.15, 0.2) is 29.3 Å². The van der Waals surface area contributed by atoms with E-state index < -0.39 is 0 Å². The van der Waals surface area contributed by atoms with Crippen LogP contribution in [0, 0.1) is 0 Å². The summed E-state index contributed by atoms with van der Waals surface area (Å²) in [6.45, 7) is 0. The van der Waals surface area contributed by atoms with E-state index in [1.54, 1.807) is 23.7 Å². The Labute approximate surface area is 132 Å². The van der Waals surface area contributed by atoms with Crippen LogP contribution >= 0.6 is 11.3 Å². The summed E-state index contributed by atoms with van der Waals surface area (Å²) in [4.78, 5) is 26.6. The van der Waals surface area contributed by atoms with Gasteiger partial charge in [0.05, 0.1) is 5.39 Å². The highest BCUT2D eigenvalue weighted by Gasteiger charge is 2.18. The van der Waals surface area contributed by atoms with Crippen LogP contribution in [0.5, 0.6) is 0 Å². The summed E-state index contributed by atoms with van der Waals surface area (Å²) in [5.74, 6) is 0.611. The second kappa shape index (κ2) is 5.65. The molecule has 0 atom stereocenters. The van der Waals surface area contributed by atoms with Crippen molar-refractivity contribution in [3.05, 3.63) is 45.3 Å². The maximum Gasteiger partial charge on any atom is 0.260 e. The van der Waals surface area contributed by atoms with E-state index in [-0.39, 0.29) is 5.56 Å². The molecule has 1 N–H and O–H groups in total. The fraction of sp³-hybridized carbons (Fsp3) is 0.353. The first-order valence-corrected chi connectivity index (χ1v) is 8.59. The highest BCUT2D eigenvalue weighted by Crippen LogP contribution is 2.33. The molecule has 112 valence electrons. The first-order chi connectivity index (χ1) is 10.8. The van der Waals surface area contributed by atoms with Crippen molar-refractivity contribution in [3.8, 4) is 11.4 Å². The van der Waals surface area contributed by atoms with Crippen LogP contribution in [0.25, 0.3) is 21.6 Å². The van der Waals surface area contributed by atoms with Crippen LogP contribution in [0.1, 0.15) is 36.1 Å². The average Bonchev–Trinajstić information content (AvgIpc) is 2.85. The molecule has 0 aliphatic heterocycles. The zero-order valence-electron chi connectivity index (χ0n) is 12.3. The van der Waals surface area contributed by atoms with Crippen LogP contribution in [0.3, 0.4) is 0 Å². The van der Waals surface area contributed by atoms with Crippen LogP contribution < -0.4 is 5.56 Å². The smallest absolute Gasteiger partial charge is 0.260 e. The van der Waals surface area contributed by atoms with Crippen molar-refractivity contribution in [1.29, 1.82) is 0 Å².